The summed E-state index contributed by atoms with van der Waals surface area (Å²) in [6.07, 6.45) is 9.22. The SMILES string of the molecule is O=C1CCCCN1CC1(O)CCCCCC1. The molecule has 3 heteroatoms. The van der Waals surface area contributed by atoms with Crippen molar-refractivity contribution >= 4 is 5.91 Å². The maximum atomic E-state index is 11.7. The molecule has 1 aliphatic heterocycles. The molecule has 1 amide bonds. The molecule has 16 heavy (non-hydrogen) atoms. The number of hydrogen-bond donors (Lipinski definition) is 1. The second-order valence-corrected chi connectivity index (χ2v) is 5.41. The Labute approximate surface area is 97.8 Å². The summed E-state index contributed by atoms with van der Waals surface area (Å²) in [6, 6.07) is 0. The summed E-state index contributed by atoms with van der Waals surface area (Å²) in [5, 5.41) is 10.5. The van der Waals surface area contributed by atoms with Crippen LogP contribution in [0.1, 0.15) is 57.8 Å². The number of nitrogens with zero attached hydrogens (tertiary/aromatic N) is 1. The number of likely N-dealkylation sites (tertiary alicyclic amines) is 1. The van der Waals surface area contributed by atoms with Crippen molar-refractivity contribution in [2.45, 2.75) is 63.4 Å². The summed E-state index contributed by atoms with van der Waals surface area (Å²) in [7, 11) is 0. The average molecular weight is 225 g/mol. The molecule has 92 valence electrons. The van der Waals surface area contributed by atoms with Crippen molar-refractivity contribution in [1.82, 2.24) is 4.90 Å². The Morgan fingerprint density at radius 2 is 1.75 bits per heavy atom. The lowest BCUT2D eigenvalue weighted by molar-refractivity contribution is -0.137. The number of rotatable bonds is 2. The zero-order chi connectivity index (χ0) is 11.4. The molecule has 0 atom stereocenters. The Bertz CT molecular complexity index is 244. The van der Waals surface area contributed by atoms with Gasteiger partial charge in [-0.3, -0.25) is 4.79 Å². The first-order chi connectivity index (χ1) is 7.70. The van der Waals surface area contributed by atoms with Crippen molar-refractivity contribution in [1.29, 1.82) is 0 Å². The fourth-order valence-corrected chi connectivity index (χ4v) is 2.93. The molecule has 2 rings (SSSR count). The summed E-state index contributed by atoms with van der Waals surface area (Å²) in [5.74, 6) is 0.240. The molecule has 2 fully saturated rings. The van der Waals surface area contributed by atoms with Gasteiger partial charge in [0.2, 0.25) is 5.91 Å². The van der Waals surface area contributed by atoms with Crippen LogP contribution in [0.15, 0.2) is 0 Å². The minimum absolute atomic E-state index is 0.240. The molecular formula is C13H23NO2. The summed E-state index contributed by atoms with van der Waals surface area (Å²) in [4.78, 5) is 13.6. The van der Waals surface area contributed by atoms with E-state index in [1.54, 1.807) is 0 Å². The van der Waals surface area contributed by atoms with Crippen molar-refractivity contribution in [2.75, 3.05) is 13.1 Å². The first-order valence-corrected chi connectivity index (χ1v) is 6.70. The smallest absolute Gasteiger partial charge is 0.222 e. The predicted octanol–water partition coefficient (Wildman–Crippen LogP) is 2.08. The molecule has 0 aromatic carbocycles. The highest BCUT2D eigenvalue weighted by Crippen LogP contribution is 2.28. The Balaban J connectivity index is 1.92. The molecule has 0 radical (unpaired) electrons. The van der Waals surface area contributed by atoms with E-state index in [1.807, 2.05) is 4.90 Å². The van der Waals surface area contributed by atoms with Gasteiger partial charge in [-0.05, 0) is 25.7 Å². The van der Waals surface area contributed by atoms with Crippen LogP contribution >= 0.6 is 0 Å². The quantitative estimate of drug-likeness (QED) is 0.731. The minimum atomic E-state index is -0.594. The van der Waals surface area contributed by atoms with Gasteiger partial charge in [-0.1, -0.05) is 25.7 Å². The van der Waals surface area contributed by atoms with E-state index in [4.69, 9.17) is 0 Å². The summed E-state index contributed by atoms with van der Waals surface area (Å²) in [5.41, 5.74) is -0.594. The maximum Gasteiger partial charge on any atom is 0.222 e. The topological polar surface area (TPSA) is 40.5 Å². The Morgan fingerprint density at radius 1 is 1.06 bits per heavy atom. The van der Waals surface area contributed by atoms with E-state index < -0.39 is 5.60 Å². The summed E-state index contributed by atoms with van der Waals surface area (Å²) < 4.78 is 0. The molecule has 1 heterocycles. The lowest BCUT2D eigenvalue weighted by atomic mass is 9.93. The van der Waals surface area contributed by atoms with Crippen molar-refractivity contribution < 1.29 is 9.90 Å². The standard InChI is InChI=1S/C13H23NO2/c15-12-7-3-6-10-14(12)11-13(16)8-4-1-2-5-9-13/h16H,1-11H2. The van der Waals surface area contributed by atoms with Crippen LogP contribution in [0.3, 0.4) is 0 Å². The van der Waals surface area contributed by atoms with E-state index in [0.29, 0.717) is 13.0 Å². The molecule has 3 nitrogen and oxygen atoms in total. The first kappa shape index (κ1) is 11.9. The lowest BCUT2D eigenvalue weighted by Gasteiger charge is -2.35. The fourth-order valence-electron chi connectivity index (χ4n) is 2.93. The van der Waals surface area contributed by atoms with Crippen molar-refractivity contribution in [3.05, 3.63) is 0 Å². The van der Waals surface area contributed by atoms with Gasteiger partial charge in [0, 0.05) is 19.5 Å². The molecule has 0 bridgehead atoms. The zero-order valence-electron chi connectivity index (χ0n) is 10.1. The Morgan fingerprint density at radius 3 is 2.38 bits per heavy atom. The van der Waals surface area contributed by atoms with Gasteiger partial charge in [0.05, 0.1) is 5.60 Å². The normalized spacial score (nSPS) is 26.6. The van der Waals surface area contributed by atoms with E-state index in [1.165, 1.54) is 12.8 Å². The van der Waals surface area contributed by atoms with Gasteiger partial charge >= 0.3 is 0 Å². The van der Waals surface area contributed by atoms with Gasteiger partial charge < -0.3 is 10.0 Å². The number of aliphatic hydroxyl groups is 1. The highest BCUT2D eigenvalue weighted by molar-refractivity contribution is 5.76. The van der Waals surface area contributed by atoms with Crippen molar-refractivity contribution in [2.24, 2.45) is 0 Å². The number of carbonyl (C=O) groups excluding carboxylic acids is 1. The number of hydrogen-bond acceptors (Lipinski definition) is 2. The summed E-state index contributed by atoms with van der Waals surface area (Å²) >= 11 is 0. The monoisotopic (exact) mass is 225 g/mol. The Hall–Kier alpha value is -0.570. The molecule has 1 saturated heterocycles. The minimum Gasteiger partial charge on any atom is -0.388 e. The van der Waals surface area contributed by atoms with Crippen LogP contribution in [-0.2, 0) is 4.79 Å². The van der Waals surface area contributed by atoms with Crippen LogP contribution in [-0.4, -0.2) is 34.6 Å². The maximum absolute atomic E-state index is 11.7. The fraction of sp³-hybridized carbons (Fsp3) is 0.923. The number of carbonyl (C=O) groups is 1. The van der Waals surface area contributed by atoms with E-state index in [2.05, 4.69) is 0 Å². The largest absolute Gasteiger partial charge is 0.388 e. The summed E-state index contributed by atoms with van der Waals surface area (Å²) in [6.45, 7) is 1.42. The second kappa shape index (κ2) is 5.17. The number of piperidine rings is 1. The van der Waals surface area contributed by atoms with E-state index >= 15 is 0 Å². The van der Waals surface area contributed by atoms with Crippen molar-refractivity contribution in [3.8, 4) is 0 Å². The van der Waals surface area contributed by atoms with Crippen LogP contribution < -0.4 is 0 Å². The van der Waals surface area contributed by atoms with Gasteiger partial charge in [0.1, 0.15) is 0 Å². The van der Waals surface area contributed by atoms with Crippen LogP contribution in [0.5, 0.6) is 0 Å². The van der Waals surface area contributed by atoms with E-state index in [-0.39, 0.29) is 5.91 Å². The van der Waals surface area contributed by atoms with Gasteiger partial charge in [0.15, 0.2) is 0 Å². The molecule has 1 N–H and O–H groups in total. The highest BCUT2D eigenvalue weighted by atomic mass is 16.3. The molecule has 2 aliphatic rings. The third kappa shape index (κ3) is 2.97. The molecule has 0 aromatic rings. The highest BCUT2D eigenvalue weighted by Gasteiger charge is 2.32. The van der Waals surface area contributed by atoms with Crippen molar-refractivity contribution in [3.63, 3.8) is 0 Å². The van der Waals surface area contributed by atoms with Crippen LogP contribution in [0.4, 0.5) is 0 Å². The van der Waals surface area contributed by atoms with Gasteiger partial charge in [-0.25, -0.2) is 0 Å². The molecular weight excluding hydrogens is 202 g/mol. The zero-order valence-corrected chi connectivity index (χ0v) is 10.1. The molecule has 1 aliphatic carbocycles. The predicted molar refractivity (Wildman–Crippen MR) is 63.1 cm³/mol. The van der Waals surface area contributed by atoms with Crippen LogP contribution in [0, 0.1) is 0 Å². The lowest BCUT2D eigenvalue weighted by Crippen LogP contribution is -2.47. The number of β-amino-alcohol motifs (C(OH)–C–C–N with tert-alkyl or cyclic N) is 1. The number of amides is 1. The Kier molecular flexibility index (Phi) is 3.85. The van der Waals surface area contributed by atoms with Crippen LogP contribution in [0.2, 0.25) is 0 Å². The third-order valence-electron chi connectivity index (χ3n) is 3.94. The van der Waals surface area contributed by atoms with Crippen LogP contribution in [0.25, 0.3) is 0 Å². The molecule has 0 spiro atoms. The van der Waals surface area contributed by atoms with E-state index in [9.17, 15) is 9.90 Å². The first-order valence-electron chi connectivity index (χ1n) is 6.70. The molecule has 1 saturated carbocycles. The second-order valence-electron chi connectivity index (χ2n) is 5.41. The van der Waals surface area contributed by atoms with E-state index in [0.717, 1.165) is 45.1 Å². The van der Waals surface area contributed by atoms with Gasteiger partial charge in [-0.2, -0.15) is 0 Å². The third-order valence-corrected chi connectivity index (χ3v) is 3.94. The van der Waals surface area contributed by atoms with Gasteiger partial charge in [-0.15, -0.1) is 0 Å². The molecule has 0 unspecified atom stereocenters. The van der Waals surface area contributed by atoms with Gasteiger partial charge in [0.25, 0.3) is 0 Å². The average Bonchev–Trinajstić information content (AvgIpc) is 2.47. The molecule has 0 aromatic heterocycles.